The van der Waals surface area contributed by atoms with E-state index in [9.17, 15) is 23.7 Å². The maximum absolute atomic E-state index is 14.7. The van der Waals surface area contributed by atoms with Gasteiger partial charge in [0.05, 0.1) is 19.5 Å². The second-order valence-electron chi connectivity index (χ2n) is 8.97. The van der Waals surface area contributed by atoms with E-state index in [2.05, 4.69) is 20.5 Å². The van der Waals surface area contributed by atoms with Crippen LogP contribution in [0.15, 0.2) is 18.2 Å². The Labute approximate surface area is 242 Å². The van der Waals surface area contributed by atoms with Gasteiger partial charge in [0, 0.05) is 5.56 Å². The van der Waals surface area contributed by atoms with Crippen molar-refractivity contribution >= 4 is 48.4 Å². The maximum Gasteiger partial charge on any atom is 0.323 e. The third kappa shape index (κ3) is 8.94. The zero-order valence-corrected chi connectivity index (χ0v) is 25.4. The Bertz CT molecular complexity index is 1240. The van der Waals surface area contributed by atoms with Gasteiger partial charge in [0.2, 0.25) is 13.4 Å². The molecule has 0 aliphatic carbocycles. The molecule has 0 bridgehead atoms. The van der Waals surface area contributed by atoms with Crippen LogP contribution in [0.2, 0.25) is 10.0 Å². The number of nitrogens with zero attached hydrogens (tertiary/aromatic N) is 1. The molecule has 0 aliphatic rings. The molecule has 2 rings (SSSR count). The van der Waals surface area contributed by atoms with Crippen molar-refractivity contribution in [1.82, 2.24) is 15.2 Å². The maximum atomic E-state index is 14.7. The number of anilines is 1. The minimum absolute atomic E-state index is 0.0379. The van der Waals surface area contributed by atoms with E-state index in [1.807, 2.05) is 13.8 Å². The third-order valence-electron chi connectivity index (χ3n) is 5.39. The van der Waals surface area contributed by atoms with Crippen molar-refractivity contribution in [3.63, 3.8) is 0 Å². The predicted octanol–water partition coefficient (Wildman–Crippen LogP) is 5.79. The summed E-state index contributed by atoms with van der Waals surface area (Å²) in [6, 6.07) is 2.36. The van der Waals surface area contributed by atoms with Gasteiger partial charge < -0.3 is 24.6 Å². The van der Waals surface area contributed by atoms with E-state index in [0.29, 0.717) is 5.56 Å². The van der Waals surface area contributed by atoms with Crippen molar-refractivity contribution in [2.75, 3.05) is 24.8 Å². The Balaban J connectivity index is 2.38. The van der Waals surface area contributed by atoms with Crippen LogP contribution in [-0.2, 0) is 23.6 Å². The number of halogens is 3. The number of carbonyl (C=O) groups excluding carboxylic acids is 2. The Kier molecular flexibility index (Phi) is 12.5. The summed E-state index contributed by atoms with van der Waals surface area (Å²) in [6.45, 7) is 10.1. The number of pyridine rings is 1. The van der Waals surface area contributed by atoms with Crippen LogP contribution >= 0.6 is 30.6 Å². The molecule has 15 heteroatoms. The second-order valence-corrected chi connectivity index (χ2v) is 12.0. The molecule has 0 unspecified atom stereocenters. The summed E-state index contributed by atoms with van der Waals surface area (Å²) >= 11 is 12.6. The molecule has 0 fully saturated rings. The first-order chi connectivity index (χ1) is 18.7. The molecule has 2 aromatic rings. The Hall–Kier alpha value is -2.63. The molecule has 1 aromatic carbocycles. The zero-order valence-electron chi connectivity index (χ0n) is 23.0. The Morgan fingerprint density at radius 3 is 2.08 bits per heavy atom. The van der Waals surface area contributed by atoms with Crippen molar-refractivity contribution in [3.8, 4) is 17.2 Å². The highest BCUT2D eigenvalue weighted by Gasteiger charge is 2.32. The highest BCUT2D eigenvalue weighted by atomic mass is 35.5. The normalized spacial score (nSPS) is 13.1. The van der Waals surface area contributed by atoms with E-state index in [0.717, 1.165) is 0 Å². The fraction of sp³-hybridized carbons (Fsp3) is 0.480. The van der Waals surface area contributed by atoms with Gasteiger partial charge in [-0.3, -0.25) is 14.2 Å². The SMILES string of the molecule is CCOC(=O)[C@H](C)NP(=O)(CNc1nc(F)c(Cl)c(Oc2ccc(O)c(C(C)C)c2)c1Cl)N[C@@H](C)C(=O)OCC. The average molecular weight is 623 g/mol. The topological polar surface area (TPSA) is 148 Å². The Morgan fingerprint density at radius 1 is 1.02 bits per heavy atom. The van der Waals surface area contributed by atoms with E-state index >= 15 is 0 Å². The average Bonchev–Trinajstić information content (AvgIpc) is 2.88. The number of aromatic nitrogens is 1. The van der Waals surface area contributed by atoms with Crippen molar-refractivity contribution < 1.29 is 37.9 Å². The van der Waals surface area contributed by atoms with Crippen molar-refractivity contribution in [2.24, 2.45) is 0 Å². The van der Waals surface area contributed by atoms with Crippen molar-refractivity contribution in [2.45, 2.75) is 59.5 Å². The second kappa shape index (κ2) is 14.8. The van der Waals surface area contributed by atoms with E-state index in [1.165, 1.54) is 26.0 Å². The summed E-state index contributed by atoms with van der Waals surface area (Å²) in [4.78, 5) is 28.1. The van der Waals surface area contributed by atoms with Crippen LogP contribution in [0, 0.1) is 5.95 Å². The molecule has 0 saturated carbocycles. The van der Waals surface area contributed by atoms with E-state index in [-0.39, 0.29) is 47.2 Å². The number of benzene rings is 1. The number of hydrogen-bond acceptors (Lipinski definition) is 9. The molecular formula is C25H34Cl2FN4O7P. The van der Waals surface area contributed by atoms with Crippen LogP contribution in [0.5, 0.6) is 17.2 Å². The molecule has 0 aliphatic heterocycles. The minimum Gasteiger partial charge on any atom is -0.508 e. The largest absolute Gasteiger partial charge is 0.508 e. The predicted molar refractivity (Wildman–Crippen MR) is 151 cm³/mol. The minimum atomic E-state index is -3.84. The van der Waals surface area contributed by atoms with Gasteiger partial charge in [-0.2, -0.15) is 9.37 Å². The number of carbonyl (C=O) groups is 2. The highest BCUT2D eigenvalue weighted by molar-refractivity contribution is 7.60. The summed E-state index contributed by atoms with van der Waals surface area (Å²) in [5.74, 6) is -2.76. The lowest BCUT2D eigenvalue weighted by Gasteiger charge is -2.27. The van der Waals surface area contributed by atoms with Crippen LogP contribution in [-0.4, -0.2) is 53.6 Å². The van der Waals surface area contributed by atoms with Gasteiger partial charge in [0.15, 0.2) is 11.6 Å². The molecule has 40 heavy (non-hydrogen) atoms. The van der Waals surface area contributed by atoms with Gasteiger partial charge in [-0.1, -0.05) is 37.0 Å². The molecule has 0 saturated heterocycles. The van der Waals surface area contributed by atoms with Crippen LogP contribution in [0.25, 0.3) is 0 Å². The fourth-order valence-electron chi connectivity index (χ4n) is 3.46. The van der Waals surface area contributed by atoms with Crippen LogP contribution in [0.4, 0.5) is 10.2 Å². The molecule has 4 N–H and O–H groups in total. The summed E-state index contributed by atoms with van der Waals surface area (Å²) in [6.07, 6.45) is -0.482. The number of esters is 2. The number of phenolic OH excluding ortho intramolecular Hbond substituents is 1. The Morgan fingerprint density at radius 2 is 1.57 bits per heavy atom. The summed E-state index contributed by atoms with van der Waals surface area (Å²) < 4.78 is 44.3. The number of hydrogen-bond donors (Lipinski definition) is 4. The van der Waals surface area contributed by atoms with E-state index in [4.69, 9.17) is 37.4 Å². The fourth-order valence-corrected chi connectivity index (χ4v) is 6.01. The molecule has 1 heterocycles. The van der Waals surface area contributed by atoms with Crippen LogP contribution < -0.4 is 20.2 Å². The molecule has 0 radical (unpaired) electrons. The van der Waals surface area contributed by atoms with E-state index < -0.39 is 48.7 Å². The molecule has 222 valence electrons. The number of rotatable bonds is 14. The van der Waals surface area contributed by atoms with Gasteiger partial charge in [-0.25, -0.2) is 10.2 Å². The van der Waals surface area contributed by atoms with Crippen LogP contribution in [0.3, 0.4) is 0 Å². The lowest BCUT2D eigenvalue weighted by atomic mass is 10.0. The molecule has 0 amide bonds. The number of phenols is 1. The first-order valence-electron chi connectivity index (χ1n) is 12.5. The van der Waals surface area contributed by atoms with E-state index in [1.54, 1.807) is 19.9 Å². The lowest BCUT2D eigenvalue weighted by molar-refractivity contribution is -0.145. The van der Waals surface area contributed by atoms with Crippen molar-refractivity contribution in [3.05, 3.63) is 39.8 Å². The van der Waals surface area contributed by atoms with Gasteiger partial charge in [-0.15, -0.1) is 0 Å². The molecule has 0 spiro atoms. The first kappa shape index (κ1) is 33.6. The van der Waals surface area contributed by atoms with Crippen molar-refractivity contribution in [1.29, 1.82) is 0 Å². The third-order valence-corrected chi connectivity index (χ3v) is 8.28. The quantitative estimate of drug-likeness (QED) is 0.115. The highest BCUT2D eigenvalue weighted by Crippen LogP contribution is 2.44. The van der Waals surface area contributed by atoms with Gasteiger partial charge >= 0.3 is 11.9 Å². The summed E-state index contributed by atoms with van der Waals surface area (Å²) in [7, 11) is -3.84. The zero-order chi connectivity index (χ0) is 30.2. The van der Waals surface area contributed by atoms with Gasteiger partial charge in [-0.05, 0) is 51.8 Å². The standard InChI is InChI=1S/C25H34Cl2FN4O7P/c1-7-37-24(34)14(5)31-40(36,32-15(6)25(35)38-8-2)12-29-23-20(27)21(19(26)22(28)30-23)39-16-9-10-18(33)17(11-16)13(3)4/h9-11,13-15,33H,7-8,12H2,1-6H3,(H,29,30)(H2,31,32,36)/t14-,15-/m0/s1. The number of ether oxygens (including phenoxy) is 3. The number of aromatic hydroxyl groups is 1. The number of nitrogens with one attached hydrogen (secondary N) is 3. The van der Waals surface area contributed by atoms with Crippen LogP contribution in [0.1, 0.15) is 53.0 Å². The molecule has 11 nitrogen and oxygen atoms in total. The first-order valence-corrected chi connectivity index (χ1v) is 15.1. The summed E-state index contributed by atoms with van der Waals surface area (Å²) in [5, 5.41) is 17.3. The smallest absolute Gasteiger partial charge is 0.323 e. The lowest BCUT2D eigenvalue weighted by Crippen LogP contribution is -2.43. The molecule has 2 atom stereocenters. The summed E-state index contributed by atoms with van der Waals surface area (Å²) in [5.41, 5.74) is 0.585. The van der Waals surface area contributed by atoms with Gasteiger partial charge in [0.1, 0.15) is 33.6 Å². The monoisotopic (exact) mass is 622 g/mol. The molecular weight excluding hydrogens is 589 g/mol. The molecule has 1 aromatic heterocycles. The van der Waals surface area contributed by atoms with Gasteiger partial charge in [0.25, 0.3) is 0 Å².